The smallest absolute Gasteiger partial charge is 0.0567 e. The molecule has 82 valence electrons. The van der Waals surface area contributed by atoms with Crippen molar-refractivity contribution >= 4 is 6.21 Å². The van der Waals surface area contributed by atoms with Gasteiger partial charge >= 0.3 is 0 Å². The predicted octanol–water partition coefficient (Wildman–Crippen LogP) is 4.10. The number of aliphatic imine (C=N–C) groups is 1. The van der Waals surface area contributed by atoms with E-state index in [0.29, 0.717) is 6.54 Å². The second-order valence-corrected chi connectivity index (χ2v) is 3.52. The molecule has 0 bridgehead atoms. The molecule has 0 aliphatic rings. The van der Waals surface area contributed by atoms with Crippen molar-refractivity contribution in [3.8, 4) is 0 Å². The van der Waals surface area contributed by atoms with Gasteiger partial charge in [-0.1, -0.05) is 37.8 Å². The van der Waals surface area contributed by atoms with E-state index in [1.807, 2.05) is 19.2 Å². The van der Waals surface area contributed by atoms with Crippen molar-refractivity contribution in [2.24, 2.45) is 4.99 Å². The molecule has 15 heavy (non-hydrogen) atoms. The average Bonchev–Trinajstić information content (AvgIpc) is 2.19. The van der Waals surface area contributed by atoms with Gasteiger partial charge in [-0.25, -0.2) is 0 Å². The van der Waals surface area contributed by atoms with Crippen LogP contribution in [0.4, 0.5) is 0 Å². The molecule has 0 aromatic heterocycles. The van der Waals surface area contributed by atoms with Gasteiger partial charge in [0.05, 0.1) is 6.54 Å². The third kappa shape index (κ3) is 5.84. The molecule has 1 nitrogen and oxygen atoms in total. The van der Waals surface area contributed by atoms with Gasteiger partial charge in [0.1, 0.15) is 0 Å². The van der Waals surface area contributed by atoms with E-state index in [9.17, 15) is 0 Å². The molecular formula is C14H21N. The number of rotatable bonds is 7. The quantitative estimate of drug-likeness (QED) is 0.335. The van der Waals surface area contributed by atoms with E-state index in [0.717, 1.165) is 18.4 Å². The minimum atomic E-state index is 0.661. The summed E-state index contributed by atoms with van der Waals surface area (Å²) in [7, 11) is 0. The Morgan fingerprint density at radius 1 is 1.27 bits per heavy atom. The Hall–Kier alpha value is -1.37. The molecule has 0 fully saturated rings. The van der Waals surface area contributed by atoms with E-state index in [1.54, 1.807) is 6.08 Å². The summed E-state index contributed by atoms with van der Waals surface area (Å²) < 4.78 is 0. The van der Waals surface area contributed by atoms with Gasteiger partial charge in [-0.2, -0.15) is 0 Å². The minimum Gasteiger partial charge on any atom is -0.289 e. The topological polar surface area (TPSA) is 12.4 Å². The van der Waals surface area contributed by atoms with Crippen molar-refractivity contribution in [1.29, 1.82) is 0 Å². The first kappa shape index (κ1) is 13.6. The molecule has 0 radical (unpaired) electrons. The number of nitrogens with zero attached hydrogens (tertiary/aromatic N) is 1. The van der Waals surface area contributed by atoms with Crippen LogP contribution in [0.5, 0.6) is 0 Å². The summed E-state index contributed by atoms with van der Waals surface area (Å²) in [5.41, 5.74) is 3.59. The molecule has 0 spiro atoms. The number of allylic oxidation sites excluding steroid dienone is 4. The molecule has 0 amide bonds. The molecular weight excluding hydrogens is 182 g/mol. The Morgan fingerprint density at radius 3 is 2.33 bits per heavy atom. The van der Waals surface area contributed by atoms with Gasteiger partial charge < -0.3 is 0 Å². The van der Waals surface area contributed by atoms with Crippen molar-refractivity contribution in [1.82, 2.24) is 0 Å². The fraction of sp³-hybridized carbons (Fsp3) is 0.357. The maximum absolute atomic E-state index is 4.27. The molecule has 0 unspecified atom stereocenters. The Labute approximate surface area is 93.6 Å². The van der Waals surface area contributed by atoms with Crippen LogP contribution in [0.1, 0.15) is 26.7 Å². The maximum Gasteiger partial charge on any atom is 0.0567 e. The van der Waals surface area contributed by atoms with Crippen LogP contribution < -0.4 is 0 Å². The molecule has 0 N–H and O–H groups in total. The fourth-order valence-electron chi connectivity index (χ4n) is 1.31. The lowest BCUT2D eigenvalue weighted by molar-refractivity contribution is 1.08. The molecule has 0 aromatic rings. The first-order valence-corrected chi connectivity index (χ1v) is 5.25. The van der Waals surface area contributed by atoms with Gasteiger partial charge in [0.25, 0.3) is 0 Å². The third-order valence-electron chi connectivity index (χ3n) is 2.01. The maximum atomic E-state index is 4.27. The number of hydrogen-bond acceptors (Lipinski definition) is 1. The van der Waals surface area contributed by atoms with Crippen LogP contribution in [0.2, 0.25) is 0 Å². The van der Waals surface area contributed by atoms with Crippen molar-refractivity contribution in [2.75, 3.05) is 6.54 Å². The standard InChI is InChI=1S/C14H21N/c1-6-9-15-11-14(10-12(4)5)13(7-2)8-3/h6-7,11H,1-2,4,8-10H2,3,5H3/b14-13+,15-11?. The third-order valence-corrected chi connectivity index (χ3v) is 2.01. The highest BCUT2D eigenvalue weighted by atomic mass is 14.7. The first-order chi connectivity index (χ1) is 7.15. The number of hydrogen-bond donors (Lipinski definition) is 0. The minimum absolute atomic E-state index is 0.661. The Balaban J connectivity index is 4.84. The van der Waals surface area contributed by atoms with Crippen LogP contribution in [0, 0.1) is 0 Å². The Morgan fingerprint density at radius 2 is 1.93 bits per heavy atom. The molecule has 0 aromatic carbocycles. The van der Waals surface area contributed by atoms with E-state index >= 15 is 0 Å². The van der Waals surface area contributed by atoms with E-state index < -0.39 is 0 Å². The lowest BCUT2D eigenvalue weighted by Crippen LogP contribution is -1.93. The van der Waals surface area contributed by atoms with Gasteiger partial charge in [-0.05, 0) is 30.9 Å². The summed E-state index contributed by atoms with van der Waals surface area (Å²) in [4.78, 5) is 4.27. The zero-order chi connectivity index (χ0) is 11.7. The molecule has 1 heteroatoms. The largest absolute Gasteiger partial charge is 0.289 e. The second-order valence-electron chi connectivity index (χ2n) is 3.52. The summed E-state index contributed by atoms with van der Waals surface area (Å²) in [6.45, 7) is 16.2. The van der Waals surface area contributed by atoms with E-state index in [-0.39, 0.29) is 0 Å². The van der Waals surface area contributed by atoms with E-state index in [1.165, 1.54) is 11.1 Å². The SMILES string of the molecule is C=CCN=C/C(CC(=C)C)=C(\C=C)CC. The van der Waals surface area contributed by atoms with Crippen LogP contribution >= 0.6 is 0 Å². The van der Waals surface area contributed by atoms with Crippen molar-refractivity contribution in [2.45, 2.75) is 26.7 Å². The summed E-state index contributed by atoms with van der Waals surface area (Å²) in [5.74, 6) is 0. The summed E-state index contributed by atoms with van der Waals surface area (Å²) in [5, 5.41) is 0. The van der Waals surface area contributed by atoms with Crippen LogP contribution in [-0.2, 0) is 0 Å². The predicted molar refractivity (Wildman–Crippen MR) is 70.5 cm³/mol. The first-order valence-electron chi connectivity index (χ1n) is 5.25. The summed E-state index contributed by atoms with van der Waals surface area (Å²) in [6, 6.07) is 0. The summed E-state index contributed by atoms with van der Waals surface area (Å²) >= 11 is 0. The molecule has 0 rings (SSSR count). The lowest BCUT2D eigenvalue weighted by atomic mass is 10.0. The van der Waals surface area contributed by atoms with E-state index in [2.05, 4.69) is 31.7 Å². The van der Waals surface area contributed by atoms with Gasteiger partial charge in [-0.15, -0.1) is 6.58 Å². The zero-order valence-corrected chi connectivity index (χ0v) is 9.92. The Kier molecular flexibility index (Phi) is 7.25. The second kappa shape index (κ2) is 7.98. The normalized spacial score (nSPS) is 12.4. The monoisotopic (exact) mass is 203 g/mol. The lowest BCUT2D eigenvalue weighted by Gasteiger charge is -2.06. The highest BCUT2D eigenvalue weighted by Gasteiger charge is 2.00. The van der Waals surface area contributed by atoms with Crippen LogP contribution in [-0.4, -0.2) is 12.8 Å². The van der Waals surface area contributed by atoms with Gasteiger partial charge in [0.15, 0.2) is 0 Å². The van der Waals surface area contributed by atoms with Crippen LogP contribution in [0.25, 0.3) is 0 Å². The van der Waals surface area contributed by atoms with E-state index in [4.69, 9.17) is 0 Å². The highest BCUT2D eigenvalue weighted by Crippen LogP contribution is 2.15. The van der Waals surface area contributed by atoms with Gasteiger partial charge in [-0.3, -0.25) is 4.99 Å². The van der Waals surface area contributed by atoms with Crippen LogP contribution in [0.15, 0.2) is 53.6 Å². The zero-order valence-electron chi connectivity index (χ0n) is 9.92. The van der Waals surface area contributed by atoms with Crippen LogP contribution in [0.3, 0.4) is 0 Å². The average molecular weight is 203 g/mol. The molecule has 0 aliphatic heterocycles. The van der Waals surface area contributed by atoms with Crippen molar-refractivity contribution < 1.29 is 0 Å². The Bertz CT molecular complexity index is 292. The molecule has 0 heterocycles. The highest BCUT2D eigenvalue weighted by molar-refractivity contribution is 5.81. The molecule has 0 saturated heterocycles. The van der Waals surface area contributed by atoms with Crippen molar-refractivity contribution in [3.05, 3.63) is 48.6 Å². The fourth-order valence-corrected chi connectivity index (χ4v) is 1.31. The molecule has 0 aliphatic carbocycles. The van der Waals surface area contributed by atoms with Gasteiger partial charge in [0, 0.05) is 6.21 Å². The van der Waals surface area contributed by atoms with Gasteiger partial charge in [0.2, 0.25) is 0 Å². The molecule has 0 saturated carbocycles. The molecule has 0 atom stereocenters. The summed E-state index contributed by atoms with van der Waals surface area (Å²) in [6.07, 6.45) is 7.45. The van der Waals surface area contributed by atoms with Crippen molar-refractivity contribution in [3.63, 3.8) is 0 Å².